The molecule has 1 fully saturated rings. The van der Waals surface area contributed by atoms with Gasteiger partial charge in [-0.05, 0) is 13.3 Å². The molecule has 0 bridgehead atoms. The van der Waals surface area contributed by atoms with Crippen LogP contribution in [0.4, 0.5) is 5.69 Å². The van der Waals surface area contributed by atoms with Gasteiger partial charge in [-0.15, -0.1) is 0 Å². The van der Waals surface area contributed by atoms with Crippen molar-refractivity contribution in [3.05, 3.63) is 12.4 Å². The minimum Gasteiger partial charge on any atom is -0.383 e. The predicted octanol–water partition coefficient (Wildman–Crippen LogP) is 0.893. The standard InChI is InChI=1S/C12H19N3O3/c1-3-18-11-6-10(11)12(16)14-9-7-13-15(8-9)4-5-17-2/h7-8,10-11H,3-6H2,1-2H3,(H,14,16). The topological polar surface area (TPSA) is 65.4 Å². The summed E-state index contributed by atoms with van der Waals surface area (Å²) in [6, 6.07) is 0. The zero-order valence-corrected chi connectivity index (χ0v) is 10.8. The average Bonchev–Trinajstić information content (AvgIpc) is 2.99. The normalized spacial score (nSPS) is 21.9. The Balaban J connectivity index is 1.79. The van der Waals surface area contributed by atoms with Crippen LogP contribution in [0.5, 0.6) is 0 Å². The summed E-state index contributed by atoms with van der Waals surface area (Å²) in [7, 11) is 1.65. The van der Waals surface area contributed by atoms with E-state index in [1.54, 1.807) is 24.2 Å². The van der Waals surface area contributed by atoms with E-state index in [-0.39, 0.29) is 17.9 Å². The predicted molar refractivity (Wildman–Crippen MR) is 66.3 cm³/mol. The fourth-order valence-corrected chi connectivity index (χ4v) is 1.82. The van der Waals surface area contributed by atoms with Gasteiger partial charge in [-0.1, -0.05) is 0 Å². The molecule has 0 radical (unpaired) electrons. The zero-order chi connectivity index (χ0) is 13.0. The third-order valence-electron chi connectivity index (χ3n) is 2.87. The van der Waals surface area contributed by atoms with Crippen LogP contribution in [0, 0.1) is 5.92 Å². The van der Waals surface area contributed by atoms with Crippen LogP contribution in [-0.2, 0) is 20.8 Å². The second kappa shape index (κ2) is 5.97. The molecule has 0 aromatic carbocycles. The Bertz CT molecular complexity index is 405. The first-order valence-electron chi connectivity index (χ1n) is 6.18. The largest absolute Gasteiger partial charge is 0.383 e. The first kappa shape index (κ1) is 13.0. The Morgan fingerprint density at radius 3 is 3.22 bits per heavy atom. The summed E-state index contributed by atoms with van der Waals surface area (Å²) < 4.78 is 12.1. The van der Waals surface area contributed by atoms with Crippen molar-refractivity contribution in [1.29, 1.82) is 0 Å². The Morgan fingerprint density at radius 2 is 2.50 bits per heavy atom. The first-order valence-corrected chi connectivity index (χ1v) is 6.18. The van der Waals surface area contributed by atoms with Crippen LogP contribution in [0.3, 0.4) is 0 Å². The molecule has 100 valence electrons. The fourth-order valence-electron chi connectivity index (χ4n) is 1.82. The second-order valence-corrected chi connectivity index (χ2v) is 4.31. The number of methoxy groups -OCH3 is 1. The van der Waals surface area contributed by atoms with Crippen LogP contribution in [0.1, 0.15) is 13.3 Å². The van der Waals surface area contributed by atoms with E-state index < -0.39 is 0 Å². The second-order valence-electron chi connectivity index (χ2n) is 4.31. The lowest BCUT2D eigenvalue weighted by Crippen LogP contribution is -2.16. The molecule has 1 aromatic rings. The van der Waals surface area contributed by atoms with Crippen molar-refractivity contribution in [1.82, 2.24) is 9.78 Å². The Labute approximate surface area is 106 Å². The number of amides is 1. The minimum atomic E-state index is -0.00715. The number of hydrogen-bond acceptors (Lipinski definition) is 4. The van der Waals surface area contributed by atoms with Gasteiger partial charge in [0.1, 0.15) is 0 Å². The Kier molecular flexibility index (Phi) is 4.33. The van der Waals surface area contributed by atoms with Crippen molar-refractivity contribution in [2.24, 2.45) is 5.92 Å². The van der Waals surface area contributed by atoms with Gasteiger partial charge in [0.05, 0.1) is 37.1 Å². The number of ether oxygens (including phenoxy) is 2. The molecular formula is C12H19N3O3. The molecule has 1 aliphatic rings. The van der Waals surface area contributed by atoms with Gasteiger partial charge in [0, 0.05) is 19.9 Å². The van der Waals surface area contributed by atoms with Crippen molar-refractivity contribution in [3.63, 3.8) is 0 Å². The van der Waals surface area contributed by atoms with Crippen molar-refractivity contribution >= 4 is 11.6 Å². The van der Waals surface area contributed by atoms with Crippen molar-refractivity contribution in [2.45, 2.75) is 26.0 Å². The minimum absolute atomic E-state index is 0.00715. The van der Waals surface area contributed by atoms with Crippen LogP contribution in [0.25, 0.3) is 0 Å². The van der Waals surface area contributed by atoms with E-state index in [4.69, 9.17) is 9.47 Å². The molecule has 18 heavy (non-hydrogen) atoms. The van der Waals surface area contributed by atoms with Gasteiger partial charge in [0.15, 0.2) is 0 Å². The van der Waals surface area contributed by atoms with Crippen LogP contribution >= 0.6 is 0 Å². The molecule has 1 saturated carbocycles. The quantitative estimate of drug-likeness (QED) is 0.784. The lowest BCUT2D eigenvalue weighted by Gasteiger charge is -2.02. The third-order valence-corrected chi connectivity index (χ3v) is 2.87. The Morgan fingerprint density at radius 1 is 1.67 bits per heavy atom. The summed E-state index contributed by atoms with van der Waals surface area (Å²) in [5, 5.41) is 6.98. The molecule has 1 aromatic heterocycles. The number of aromatic nitrogens is 2. The highest BCUT2D eigenvalue weighted by molar-refractivity contribution is 5.94. The van der Waals surface area contributed by atoms with E-state index in [0.29, 0.717) is 19.8 Å². The van der Waals surface area contributed by atoms with E-state index >= 15 is 0 Å². The number of nitrogens with zero attached hydrogens (tertiary/aromatic N) is 2. The molecule has 0 saturated heterocycles. The lowest BCUT2D eigenvalue weighted by atomic mass is 10.4. The van der Waals surface area contributed by atoms with Gasteiger partial charge in [-0.3, -0.25) is 9.48 Å². The van der Waals surface area contributed by atoms with Crippen molar-refractivity contribution < 1.29 is 14.3 Å². The number of carbonyl (C=O) groups is 1. The number of hydrogen-bond donors (Lipinski definition) is 1. The molecular weight excluding hydrogens is 234 g/mol. The van der Waals surface area contributed by atoms with Gasteiger partial charge in [-0.25, -0.2) is 0 Å². The van der Waals surface area contributed by atoms with Crippen LogP contribution in [-0.4, -0.2) is 42.1 Å². The summed E-state index contributed by atoms with van der Waals surface area (Å²) in [5.41, 5.74) is 0.721. The first-order chi connectivity index (χ1) is 8.74. The molecule has 1 amide bonds. The van der Waals surface area contributed by atoms with Gasteiger partial charge < -0.3 is 14.8 Å². The smallest absolute Gasteiger partial charge is 0.230 e. The molecule has 0 spiro atoms. The molecule has 6 nitrogen and oxygen atoms in total. The fraction of sp³-hybridized carbons (Fsp3) is 0.667. The average molecular weight is 253 g/mol. The number of rotatable bonds is 7. The highest BCUT2D eigenvalue weighted by Crippen LogP contribution is 2.34. The van der Waals surface area contributed by atoms with Gasteiger partial charge in [0.25, 0.3) is 0 Å². The van der Waals surface area contributed by atoms with E-state index in [2.05, 4.69) is 10.4 Å². The van der Waals surface area contributed by atoms with E-state index in [9.17, 15) is 4.79 Å². The van der Waals surface area contributed by atoms with Crippen LogP contribution in [0.2, 0.25) is 0 Å². The number of nitrogens with one attached hydrogen (secondary N) is 1. The maximum Gasteiger partial charge on any atom is 0.230 e. The van der Waals surface area contributed by atoms with Crippen molar-refractivity contribution in [2.75, 3.05) is 25.6 Å². The SMILES string of the molecule is CCOC1CC1C(=O)Nc1cnn(CCOC)c1. The van der Waals surface area contributed by atoms with E-state index in [1.807, 2.05) is 6.92 Å². The van der Waals surface area contributed by atoms with Gasteiger partial charge >= 0.3 is 0 Å². The number of carbonyl (C=O) groups excluding carboxylic acids is 1. The maximum absolute atomic E-state index is 11.8. The molecule has 6 heteroatoms. The highest BCUT2D eigenvalue weighted by atomic mass is 16.5. The maximum atomic E-state index is 11.8. The molecule has 2 atom stereocenters. The highest BCUT2D eigenvalue weighted by Gasteiger charge is 2.43. The van der Waals surface area contributed by atoms with E-state index in [0.717, 1.165) is 12.1 Å². The molecule has 2 rings (SSSR count). The third kappa shape index (κ3) is 3.30. The summed E-state index contributed by atoms with van der Waals surface area (Å²) in [6.07, 6.45) is 4.36. The summed E-state index contributed by atoms with van der Waals surface area (Å²) in [6.45, 7) is 3.87. The molecule has 0 aliphatic heterocycles. The molecule has 1 heterocycles. The summed E-state index contributed by atoms with van der Waals surface area (Å²) >= 11 is 0. The zero-order valence-electron chi connectivity index (χ0n) is 10.8. The summed E-state index contributed by atoms with van der Waals surface area (Å²) in [4.78, 5) is 11.8. The van der Waals surface area contributed by atoms with Gasteiger partial charge in [-0.2, -0.15) is 5.10 Å². The Hall–Kier alpha value is -1.40. The summed E-state index contributed by atoms with van der Waals surface area (Å²) in [5.74, 6) is 0.00650. The molecule has 2 unspecified atom stereocenters. The van der Waals surface area contributed by atoms with Gasteiger partial charge in [0.2, 0.25) is 5.91 Å². The molecule has 1 aliphatic carbocycles. The van der Waals surface area contributed by atoms with Crippen LogP contribution in [0.15, 0.2) is 12.4 Å². The van der Waals surface area contributed by atoms with E-state index in [1.165, 1.54) is 0 Å². The lowest BCUT2D eigenvalue weighted by molar-refractivity contribution is -0.118. The monoisotopic (exact) mass is 253 g/mol. The number of anilines is 1. The molecule has 1 N–H and O–H groups in total. The van der Waals surface area contributed by atoms with Crippen molar-refractivity contribution in [3.8, 4) is 0 Å². The van der Waals surface area contributed by atoms with Crippen LogP contribution < -0.4 is 5.32 Å².